The number of ketones is 1. The molecule has 4 nitrogen and oxygen atoms in total. The molecule has 0 spiro atoms. The number of benzene rings is 1. The van der Waals surface area contributed by atoms with Crippen molar-refractivity contribution in [3.8, 4) is 6.07 Å². The minimum atomic E-state index is -0.981. The first-order valence-electron chi connectivity index (χ1n) is 7.50. The summed E-state index contributed by atoms with van der Waals surface area (Å²) >= 11 is 1.28. The average Bonchev–Trinajstić information content (AvgIpc) is 3.20. The Balaban J connectivity index is 1.87. The van der Waals surface area contributed by atoms with Crippen LogP contribution in [0.4, 0.5) is 10.1 Å². The molecule has 0 radical (unpaired) electrons. The zero-order valence-electron chi connectivity index (χ0n) is 12.8. The lowest BCUT2D eigenvalue weighted by atomic mass is 9.99. The number of carbonyl (C=O) groups excluding carboxylic acids is 1. The molecule has 0 unspecified atom stereocenters. The third-order valence-electron chi connectivity index (χ3n) is 3.95. The number of nitrogens with zero attached hydrogens (tertiary/aromatic N) is 3. The number of anilines is 1. The number of hydrogen-bond donors (Lipinski definition) is 0. The lowest BCUT2D eigenvalue weighted by Crippen LogP contribution is -2.19. The second kappa shape index (κ2) is 6.47. The fraction of sp³-hybridized carbons (Fsp3) is 0.353. The van der Waals surface area contributed by atoms with Gasteiger partial charge in [0, 0.05) is 29.7 Å². The Morgan fingerprint density at radius 3 is 2.74 bits per heavy atom. The molecule has 0 N–H and O–H groups in total. The van der Waals surface area contributed by atoms with Crippen LogP contribution >= 0.6 is 11.3 Å². The van der Waals surface area contributed by atoms with Crippen molar-refractivity contribution < 1.29 is 9.18 Å². The maximum Gasteiger partial charge on any atom is 0.187 e. The lowest BCUT2D eigenvalue weighted by molar-refractivity contribution is 0.0978. The van der Waals surface area contributed by atoms with Crippen LogP contribution in [-0.2, 0) is 0 Å². The monoisotopic (exact) mass is 329 g/mol. The van der Waals surface area contributed by atoms with Gasteiger partial charge in [-0.25, -0.2) is 9.37 Å². The average molecular weight is 329 g/mol. The smallest absolute Gasteiger partial charge is 0.187 e. The van der Waals surface area contributed by atoms with Gasteiger partial charge < -0.3 is 4.90 Å². The highest BCUT2D eigenvalue weighted by molar-refractivity contribution is 7.10. The van der Waals surface area contributed by atoms with Crippen molar-refractivity contribution in [2.24, 2.45) is 0 Å². The van der Waals surface area contributed by atoms with Gasteiger partial charge in [0.05, 0.1) is 11.8 Å². The second-order valence-corrected chi connectivity index (χ2v) is 6.50. The lowest BCUT2D eigenvalue weighted by Gasteiger charge is -2.18. The van der Waals surface area contributed by atoms with Gasteiger partial charge in [-0.2, -0.15) is 5.26 Å². The number of hydrogen-bond acceptors (Lipinski definition) is 5. The van der Waals surface area contributed by atoms with Crippen molar-refractivity contribution in [1.29, 1.82) is 5.26 Å². The van der Waals surface area contributed by atoms with Crippen molar-refractivity contribution in [3.63, 3.8) is 0 Å². The molecule has 1 fully saturated rings. The molecule has 0 saturated carbocycles. The molecule has 23 heavy (non-hydrogen) atoms. The number of carbonyl (C=O) groups is 1. The van der Waals surface area contributed by atoms with Gasteiger partial charge in [0.25, 0.3) is 0 Å². The highest BCUT2D eigenvalue weighted by atomic mass is 32.1. The van der Waals surface area contributed by atoms with E-state index >= 15 is 0 Å². The number of aryl methyl sites for hydroxylation is 1. The van der Waals surface area contributed by atoms with E-state index < -0.39 is 17.5 Å². The minimum Gasteiger partial charge on any atom is -0.369 e. The molecule has 2 aromatic rings. The summed E-state index contributed by atoms with van der Waals surface area (Å²) in [5.74, 6) is -1.80. The van der Waals surface area contributed by atoms with Crippen LogP contribution in [0.2, 0.25) is 0 Å². The van der Waals surface area contributed by atoms with Crippen molar-refractivity contribution in [2.45, 2.75) is 25.7 Å². The van der Waals surface area contributed by atoms with Crippen LogP contribution in [0, 0.1) is 24.1 Å². The van der Waals surface area contributed by atoms with Crippen LogP contribution in [0.5, 0.6) is 0 Å². The van der Waals surface area contributed by atoms with Crippen LogP contribution in [-0.4, -0.2) is 23.9 Å². The van der Waals surface area contributed by atoms with E-state index in [1.165, 1.54) is 17.4 Å². The molecule has 1 saturated heterocycles. The third-order valence-corrected chi connectivity index (χ3v) is 4.98. The van der Waals surface area contributed by atoms with Gasteiger partial charge >= 0.3 is 0 Å². The minimum absolute atomic E-state index is 0.213. The standard InChI is InChI=1S/C17H16FN3OS/c1-11-10-23-17(20-11)13(9-19)16(22)12-4-5-15(14(18)8-12)21-6-2-3-7-21/h4-5,8,10,13H,2-3,6-7H2,1H3/t13-/m1/s1. The topological polar surface area (TPSA) is 57.0 Å². The third kappa shape index (κ3) is 3.10. The Hall–Kier alpha value is -2.26. The summed E-state index contributed by atoms with van der Waals surface area (Å²) in [7, 11) is 0. The molecule has 0 aliphatic carbocycles. The summed E-state index contributed by atoms with van der Waals surface area (Å²) in [6, 6.07) is 6.46. The molecule has 3 rings (SSSR count). The van der Waals surface area contributed by atoms with E-state index in [-0.39, 0.29) is 5.56 Å². The summed E-state index contributed by atoms with van der Waals surface area (Å²) in [5.41, 5.74) is 1.51. The first-order chi connectivity index (χ1) is 11.1. The number of rotatable bonds is 4. The molecular weight excluding hydrogens is 313 g/mol. The van der Waals surface area contributed by atoms with Gasteiger partial charge in [0.15, 0.2) is 11.7 Å². The van der Waals surface area contributed by atoms with Crippen LogP contribution in [0.3, 0.4) is 0 Å². The number of aromatic nitrogens is 1. The van der Waals surface area contributed by atoms with Crippen molar-refractivity contribution in [3.05, 3.63) is 45.7 Å². The normalized spacial score (nSPS) is 15.4. The molecular formula is C17H16FN3OS. The van der Waals surface area contributed by atoms with Crippen molar-refractivity contribution in [1.82, 2.24) is 4.98 Å². The van der Waals surface area contributed by atoms with Gasteiger partial charge in [0.2, 0.25) is 0 Å². The van der Waals surface area contributed by atoms with Gasteiger partial charge in [0.1, 0.15) is 10.8 Å². The van der Waals surface area contributed by atoms with E-state index in [0.717, 1.165) is 31.6 Å². The Labute approximate surface area is 138 Å². The predicted octanol–water partition coefficient (Wildman–Crippen LogP) is 3.68. The first kappa shape index (κ1) is 15.6. The molecule has 0 bridgehead atoms. The summed E-state index contributed by atoms with van der Waals surface area (Å²) in [6.45, 7) is 3.48. The molecule has 1 aromatic heterocycles. The molecule has 0 amide bonds. The predicted molar refractivity (Wildman–Crippen MR) is 87.4 cm³/mol. The Bertz CT molecular complexity index is 774. The fourth-order valence-electron chi connectivity index (χ4n) is 2.77. The molecule has 2 heterocycles. The fourth-order valence-corrected chi connectivity index (χ4v) is 3.61. The SMILES string of the molecule is Cc1csc([C@H](C#N)C(=O)c2ccc(N3CCCC3)c(F)c2)n1. The molecule has 1 atom stereocenters. The molecule has 6 heteroatoms. The van der Waals surface area contributed by atoms with Crippen LogP contribution < -0.4 is 4.90 Å². The summed E-state index contributed by atoms with van der Waals surface area (Å²) in [5, 5.41) is 11.6. The van der Waals surface area contributed by atoms with E-state index in [1.54, 1.807) is 17.5 Å². The second-order valence-electron chi connectivity index (χ2n) is 5.61. The van der Waals surface area contributed by atoms with Crippen molar-refractivity contribution >= 4 is 22.8 Å². The van der Waals surface area contributed by atoms with E-state index in [9.17, 15) is 14.4 Å². The molecule has 1 aliphatic heterocycles. The van der Waals surface area contributed by atoms with E-state index in [2.05, 4.69) is 4.98 Å². The van der Waals surface area contributed by atoms with Gasteiger partial charge in [-0.05, 0) is 38.0 Å². The maximum atomic E-state index is 14.3. The number of nitriles is 1. The van der Waals surface area contributed by atoms with Crippen LogP contribution in [0.25, 0.3) is 0 Å². The van der Waals surface area contributed by atoms with E-state index in [4.69, 9.17) is 0 Å². The summed E-state index contributed by atoms with van der Waals surface area (Å²) in [4.78, 5) is 18.7. The Morgan fingerprint density at radius 1 is 1.43 bits per heavy atom. The van der Waals surface area contributed by atoms with E-state index in [1.807, 2.05) is 17.9 Å². The number of Topliss-reactive ketones (excluding diaryl/α,β-unsaturated/α-hetero) is 1. The highest BCUT2D eigenvalue weighted by Gasteiger charge is 2.26. The largest absolute Gasteiger partial charge is 0.369 e. The highest BCUT2D eigenvalue weighted by Crippen LogP contribution is 2.28. The van der Waals surface area contributed by atoms with Gasteiger partial charge in [-0.3, -0.25) is 4.79 Å². The van der Waals surface area contributed by atoms with Gasteiger partial charge in [-0.1, -0.05) is 0 Å². The maximum absolute atomic E-state index is 14.3. The molecule has 118 valence electrons. The Morgan fingerprint density at radius 2 is 2.17 bits per heavy atom. The van der Waals surface area contributed by atoms with Crippen molar-refractivity contribution in [2.75, 3.05) is 18.0 Å². The number of halogens is 1. The molecule has 1 aromatic carbocycles. The zero-order chi connectivity index (χ0) is 16.4. The van der Waals surface area contributed by atoms with Crippen LogP contribution in [0.1, 0.15) is 39.8 Å². The molecule has 1 aliphatic rings. The first-order valence-corrected chi connectivity index (χ1v) is 8.38. The number of thiazole rings is 1. The summed E-state index contributed by atoms with van der Waals surface area (Å²) in [6.07, 6.45) is 2.11. The quantitative estimate of drug-likeness (QED) is 0.803. The zero-order valence-corrected chi connectivity index (χ0v) is 13.6. The Kier molecular flexibility index (Phi) is 4.39. The summed E-state index contributed by atoms with van der Waals surface area (Å²) < 4.78 is 14.3. The van der Waals surface area contributed by atoms with E-state index in [0.29, 0.717) is 10.7 Å². The van der Waals surface area contributed by atoms with Crippen LogP contribution in [0.15, 0.2) is 23.6 Å². The van der Waals surface area contributed by atoms with Gasteiger partial charge in [-0.15, -0.1) is 11.3 Å².